The Morgan fingerprint density at radius 2 is 2.42 bits per heavy atom. The van der Waals surface area contributed by atoms with Crippen LogP contribution in [0.25, 0.3) is 5.70 Å². The van der Waals surface area contributed by atoms with Crippen molar-refractivity contribution in [1.82, 2.24) is 9.78 Å². The van der Waals surface area contributed by atoms with E-state index in [4.69, 9.17) is 16.9 Å². The molecule has 0 spiro atoms. The molecule has 0 atom stereocenters. The second kappa shape index (κ2) is 3.08. The zero-order valence-electron chi connectivity index (χ0n) is 6.78. The summed E-state index contributed by atoms with van der Waals surface area (Å²) >= 11 is 0. The number of anilines is 1. The van der Waals surface area contributed by atoms with Crippen LogP contribution in [0.1, 0.15) is 6.92 Å². The topological polar surface area (TPSA) is 93.7 Å². The lowest BCUT2D eigenvalue weighted by atomic mass is 10.4. The van der Waals surface area contributed by atoms with E-state index < -0.39 is 0 Å². The van der Waals surface area contributed by atoms with Gasteiger partial charge in [-0.25, -0.2) is 4.68 Å². The summed E-state index contributed by atoms with van der Waals surface area (Å²) in [4.78, 5) is 0. The lowest BCUT2D eigenvalue weighted by molar-refractivity contribution is 0.913. The number of hydrogen-bond acceptors (Lipinski definition) is 4. The highest BCUT2D eigenvalue weighted by Crippen LogP contribution is 2.05. The second-order valence-electron chi connectivity index (χ2n) is 2.40. The first-order valence-electron chi connectivity index (χ1n) is 3.43. The zero-order chi connectivity index (χ0) is 9.14. The third kappa shape index (κ3) is 1.45. The Balaban J connectivity index is 3.12. The number of rotatable bonds is 2. The predicted octanol–water partition coefficient (Wildman–Crippen LogP) is 0.262. The molecule has 64 valence electrons. The minimum Gasteiger partial charge on any atom is -0.400 e. The Bertz CT molecular complexity index is 318. The van der Waals surface area contributed by atoms with E-state index in [0.29, 0.717) is 17.2 Å². The molecule has 0 aliphatic rings. The average molecular weight is 165 g/mol. The largest absolute Gasteiger partial charge is 0.400 e. The summed E-state index contributed by atoms with van der Waals surface area (Å²) in [5.41, 5.74) is 12.0. The predicted molar refractivity (Wildman–Crippen MR) is 48.5 cm³/mol. The summed E-state index contributed by atoms with van der Waals surface area (Å²) in [6.07, 6.45) is 2.80. The van der Waals surface area contributed by atoms with Gasteiger partial charge >= 0.3 is 0 Å². The minimum atomic E-state index is 0.413. The molecule has 0 amide bonds. The molecule has 0 saturated heterocycles. The molecule has 5 heteroatoms. The Labute approximate surface area is 70.2 Å². The SMILES string of the molecule is CC(N)=C(C=N)n1ccc(N)n1. The van der Waals surface area contributed by atoms with Crippen LogP contribution in [0.3, 0.4) is 0 Å². The maximum Gasteiger partial charge on any atom is 0.145 e. The number of nitrogen functional groups attached to an aromatic ring is 1. The lowest BCUT2D eigenvalue weighted by Gasteiger charge is -2.02. The highest BCUT2D eigenvalue weighted by atomic mass is 15.3. The van der Waals surface area contributed by atoms with Crippen molar-refractivity contribution in [2.45, 2.75) is 6.92 Å². The number of aromatic nitrogens is 2. The van der Waals surface area contributed by atoms with E-state index in [-0.39, 0.29) is 0 Å². The van der Waals surface area contributed by atoms with E-state index in [1.165, 1.54) is 4.68 Å². The molecule has 1 heterocycles. The quantitative estimate of drug-likeness (QED) is 0.549. The van der Waals surface area contributed by atoms with Crippen molar-refractivity contribution in [1.29, 1.82) is 5.41 Å². The molecule has 0 unspecified atom stereocenters. The van der Waals surface area contributed by atoms with E-state index in [2.05, 4.69) is 5.10 Å². The number of allylic oxidation sites excluding steroid dienone is 2. The van der Waals surface area contributed by atoms with Gasteiger partial charge in [-0.15, -0.1) is 0 Å². The fraction of sp³-hybridized carbons (Fsp3) is 0.143. The number of nitrogens with one attached hydrogen (secondary N) is 1. The maximum atomic E-state index is 7.07. The molecule has 1 aromatic heterocycles. The third-order valence-corrected chi connectivity index (χ3v) is 1.40. The average Bonchev–Trinajstić information content (AvgIpc) is 2.37. The molecule has 12 heavy (non-hydrogen) atoms. The van der Waals surface area contributed by atoms with Crippen molar-refractivity contribution in [2.75, 3.05) is 5.73 Å². The molecule has 0 fully saturated rings. The van der Waals surface area contributed by atoms with Crippen LogP contribution in [0.5, 0.6) is 0 Å². The van der Waals surface area contributed by atoms with E-state index in [9.17, 15) is 0 Å². The summed E-state index contributed by atoms with van der Waals surface area (Å²) < 4.78 is 1.47. The van der Waals surface area contributed by atoms with Gasteiger partial charge in [-0.1, -0.05) is 0 Å². The van der Waals surface area contributed by atoms with Crippen LogP contribution in [0.4, 0.5) is 5.82 Å². The van der Waals surface area contributed by atoms with Gasteiger partial charge in [-0.05, 0) is 6.92 Å². The van der Waals surface area contributed by atoms with Gasteiger partial charge < -0.3 is 16.9 Å². The number of nitrogens with zero attached hydrogens (tertiary/aromatic N) is 2. The Hall–Kier alpha value is -1.78. The van der Waals surface area contributed by atoms with Gasteiger partial charge in [0.05, 0.1) is 0 Å². The highest BCUT2D eigenvalue weighted by molar-refractivity contribution is 6.01. The number of nitrogens with two attached hydrogens (primary N) is 2. The van der Waals surface area contributed by atoms with Crippen molar-refractivity contribution < 1.29 is 0 Å². The zero-order valence-corrected chi connectivity index (χ0v) is 6.78. The van der Waals surface area contributed by atoms with Crippen molar-refractivity contribution in [3.8, 4) is 0 Å². The molecule has 1 rings (SSSR count). The maximum absolute atomic E-state index is 7.07. The van der Waals surface area contributed by atoms with Gasteiger partial charge in [-0.3, -0.25) is 0 Å². The molecular formula is C7H11N5. The Morgan fingerprint density at radius 3 is 2.75 bits per heavy atom. The van der Waals surface area contributed by atoms with Crippen molar-refractivity contribution in [3.05, 3.63) is 18.0 Å². The summed E-state index contributed by atoms with van der Waals surface area (Å²) in [5.74, 6) is 0.413. The van der Waals surface area contributed by atoms with E-state index >= 15 is 0 Å². The number of hydrogen-bond donors (Lipinski definition) is 3. The van der Waals surface area contributed by atoms with Crippen LogP contribution in [-0.2, 0) is 0 Å². The molecule has 5 N–H and O–H groups in total. The van der Waals surface area contributed by atoms with Gasteiger partial charge in [0, 0.05) is 24.2 Å². The molecule has 5 nitrogen and oxygen atoms in total. The van der Waals surface area contributed by atoms with Crippen molar-refractivity contribution in [3.63, 3.8) is 0 Å². The van der Waals surface area contributed by atoms with Crippen LogP contribution >= 0.6 is 0 Å². The molecule has 1 aromatic rings. The first kappa shape index (κ1) is 8.32. The molecule has 0 saturated carbocycles. The molecule has 0 aliphatic heterocycles. The standard InChI is InChI=1S/C7H11N5/c1-5(9)6(4-8)12-3-2-7(10)11-12/h2-4,8H,9H2,1H3,(H2,10,11). The normalized spacial score (nSPS) is 12.4. The van der Waals surface area contributed by atoms with Crippen molar-refractivity contribution >= 4 is 17.7 Å². The summed E-state index contributed by atoms with van der Waals surface area (Å²) in [6.45, 7) is 1.71. The van der Waals surface area contributed by atoms with E-state index in [1.54, 1.807) is 19.2 Å². The smallest absolute Gasteiger partial charge is 0.145 e. The molecule has 0 radical (unpaired) electrons. The molecular weight excluding hydrogens is 154 g/mol. The van der Waals surface area contributed by atoms with Crippen LogP contribution in [0.15, 0.2) is 18.0 Å². The first-order valence-corrected chi connectivity index (χ1v) is 3.43. The first-order chi connectivity index (χ1) is 5.65. The van der Waals surface area contributed by atoms with Gasteiger partial charge in [0.1, 0.15) is 11.5 Å². The molecule has 0 aromatic carbocycles. The Kier molecular flexibility index (Phi) is 2.14. The van der Waals surface area contributed by atoms with E-state index in [1.807, 2.05) is 0 Å². The third-order valence-electron chi connectivity index (χ3n) is 1.40. The van der Waals surface area contributed by atoms with Crippen LogP contribution in [0.2, 0.25) is 0 Å². The van der Waals surface area contributed by atoms with Crippen LogP contribution in [-0.4, -0.2) is 16.0 Å². The van der Waals surface area contributed by atoms with Gasteiger partial charge in [0.25, 0.3) is 0 Å². The molecule has 0 aliphatic carbocycles. The van der Waals surface area contributed by atoms with Gasteiger partial charge in [0.2, 0.25) is 0 Å². The van der Waals surface area contributed by atoms with Crippen LogP contribution < -0.4 is 11.5 Å². The van der Waals surface area contributed by atoms with Crippen LogP contribution in [0, 0.1) is 5.41 Å². The monoisotopic (exact) mass is 165 g/mol. The highest BCUT2D eigenvalue weighted by Gasteiger charge is 2.00. The lowest BCUT2D eigenvalue weighted by Crippen LogP contribution is -2.06. The van der Waals surface area contributed by atoms with Gasteiger partial charge in [-0.2, -0.15) is 5.10 Å². The summed E-state index contributed by atoms with van der Waals surface area (Å²) in [6, 6.07) is 1.65. The second-order valence-corrected chi connectivity index (χ2v) is 2.40. The van der Waals surface area contributed by atoms with Crippen molar-refractivity contribution in [2.24, 2.45) is 5.73 Å². The van der Waals surface area contributed by atoms with E-state index in [0.717, 1.165) is 6.21 Å². The molecule has 0 bridgehead atoms. The minimum absolute atomic E-state index is 0.413. The summed E-state index contributed by atoms with van der Waals surface area (Å²) in [5, 5.41) is 11.0. The Morgan fingerprint density at radius 1 is 1.75 bits per heavy atom. The fourth-order valence-electron chi connectivity index (χ4n) is 0.833. The van der Waals surface area contributed by atoms with Gasteiger partial charge in [0.15, 0.2) is 0 Å². The summed E-state index contributed by atoms with van der Waals surface area (Å²) in [7, 11) is 0. The fourth-order valence-corrected chi connectivity index (χ4v) is 0.833.